The number of hydrogen-bond acceptors (Lipinski definition) is 4. The van der Waals surface area contributed by atoms with Gasteiger partial charge >= 0.3 is 5.97 Å². The van der Waals surface area contributed by atoms with Crippen LogP contribution in [0.4, 0.5) is 5.69 Å². The van der Waals surface area contributed by atoms with Crippen LogP contribution in [0.3, 0.4) is 0 Å². The normalized spacial score (nSPS) is 15.3. The predicted molar refractivity (Wildman–Crippen MR) is 111 cm³/mol. The second-order valence-electron chi connectivity index (χ2n) is 5.53. The number of halogens is 2. The third kappa shape index (κ3) is 4.53. The minimum atomic E-state index is -0.905. The van der Waals surface area contributed by atoms with Gasteiger partial charge in [0.1, 0.15) is 5.70 Å². The first-order chi connectivity index (χ1) is 13.0. The molecule has 0 unspecified atom stereocenters. The highest BCUT2D eigenvalue weighted by Crippen LogP contribution is 2.32. The van der Waals surface area contributed by atoms with E-state index in [2.05, 4.69) is 4.99 Å². The van der Waals surface area contributed by atoms with Crippen LogP contribution in [0.25, 0.3) is 6.08 Å². The number of thioether (sulfide) groups is 1. The fourth-order valence-corrected chi connectivity index (χ4v) is 3.86. The van der Waals surface area contributed by atoms with Crippen molar-refractivity contribution in [2.24, 2.45) is 4.99 Å². The van der Waals surface area contributed by atoms with Crippen molar-refractivity contribution in [1.82, 2.24) is 0 Å². The summed E-state index contributed by atoms with van der Waals surface area (Å²) in [6, 6.07) is 14.1. The Kier molecular flexibility index (Phi) is 6.21. The summed E-state index contributed by atoms with van der Waals surface area (Å²) in [6.45, 7) is 0. The Morgan fingerprint density at radius 1 is 1.11 bits per heavy atom. The lowest BCUT2D eigenvalue weighted by Crippen LogP contribution is -2.30. The van der Waals surface area contributed by atoms with Crippen molar-refractivity contribution in [3.8, 4) is 0 Å². The van der Waals surface area contributed by atoms with E-state index in [1.54, 1.807) is 36.4 Å². The van der Waals surface area contributed by atoms with Crippen molar-refractivity contribution in [3.63, 3.8) is 0 Å². The number of aliphatic imine (C=N–C) groups is 1. The molecule has 0 fully saturated rings. The molecule has 0 atom stereocenters. The Morgan fingerprint density at radius 2 is 1.78 bits per heavy atom. The van der Waals surface area contributed by atoms with Gasteiger partial charge in [0.15, 0.2) is 5.17 Å². The molecular formula is C19H14Cl2N2O3S. The smallest absolute Gasteiger partial charge is 0.304 e. The van der Waals surface area contributed by atoms with Gasteiger partial charge in [0.05, 0.1) is 12.1 Å². The van der Waals surface area contributed by atoms with Crippen molar-refractivity contribution in [2.45, 2.75) is 6.42 Å². The van der Waals surface area contributed by atoms with Crippen LogP contribution >= 0.6 is 35.0 Å². The molecule has 1 aliphatic rings. The molecule has 8 heteroatoms. The third-order valence-electron chi connectivity index (χ3n) is 3.67. The molecule has 0 bridgehead atoms. The van der Waals surface area contributed by atoms with E-state index in [1.807, 2.05) is 18.2 Å². The van der Waals surface area contributed by atoms with Crippen molar-refractivity contribution in [3.05, 3.63) is 69.8 Å². The van der Waals surface area contributed by atoms with Gasteiger partial charge in [0, 0.05) is 21.4 Å². The molecule has 1 N–H and O–H groups in total. The lowest BCUT2D eigenvalue weighted by Gasteiger charge is -2.17. The van der Waals surface area contributed by atoms with Gasteiger partial charge in [-0.25, -0.2) is 4.99 Å². The molecule has 0 aliphatic carbocycles. The number of carboxylic acids is 1. The number of aliphatic carboxylic acids is 1. The zero-order valence-corrected chi connectivity index (χ0v) is 16.3. The number of nitrogens with zero attached hydrogens (tertiary/aromatic N) is 2. The van der Waals surface area contributed by atoms with E-state index < -0.39 is 5.97 Å². The van der Waals surface area contributed by atoms with Crippen LogP contribution in [0, 0.1) is 0 Å². The first kappa shape index (κ1) is 19.5. The Hall–Kier alpha value is -2.28. The van der Waals surface area contributed by atoms with Crippen molar-refractivity contribution >= 4 is 63.8 Å². The molecule has 0 spiro atoms. The number of benzene rings is 2. The number of carbonyl (C=O) groups excluding carboxylic acids is 1. The van der Waals surface area contributed by atoms with E-state index >= 15 is 0 Å². The van der Waals surface area contributed by atoms with Crippen LogP contribution < -0.4 is 4.90 Å². The number of carboxylic acid groups (broad SMARTS) is 1. The summed E-state index contributed by atoms with van der Waals surface area (Å²) in [4.78, 5) is 29.6. The molecule has 1 aliphatic heterocycles. The van der Waals surface area contributed by atoms with Crippen LogP contribution in [0.15, 0.2) is 59.2 Å². The van der Waals surface area contributed by atoms with Crippen LogP contribution in [-0.4, -0.2) is 27.9 Å². The van der Waals surface area contributed by atoms with E-state index in [4.69, 9.17) is 28.3 Å². The maximum atomic E-state index is 13.0. The fraction of sp³-hybridized carbons (Fsp3) is 0.105. The Morgan fingerprint density at radius 3 is 2.41 bits per heavy atom. The quantitative estimate of drug-likeness (QED) is 0.694. The summed E-state index contributed by atoms with van der Waals surface area (Å²) >= 11 is 13.6. The number of rotatable bonds is 5. The van der Waals surface area contributed by atoms with Gasteiger partial charge in [-0.15, -0.1) is 0 Å². The lowest BCUT2D eigenvalue weighted by molar-refractivity contribution is -0.136. The van der Waals surface area contributed by atoms with Gasteiger partial charge in [-0.05, 0) is 30.3 Å². The van der Waals surface area contributed by atoms with Crippen LogP contribution in [0.1, 0.15) is 12.0 Å². The molecule has 0 radical (unpaired) electrons. The number of anilines is 1. The van der Waals surface area contributed by atoms with Crippen LogP contribution in [0.2, 0.25) is 10.0 Å². The topological polar surface area (TPSA) is 70.0 Å². The van der Waals surface area contributed by atoms with Gasteiger partial charge in [0.25, 0.3) is 5.91 Å². The highest BCUT2D eigenvalue weighted by atomic mass is 35.5. The first-order valence-corrected chi connectivity index (χ1v) is 9.70. The fourth-order valence-electron chi connectivity index (χ4n) is 2.41. The Balaban J connectivity index is 1.98. The monoisotopic (exact) mass is 420 g/mol. The Labute approximate surface area is 170 Å². The maximum absolute atomic E-state index is 13.0. The van der Waals surface area contributed by atoms with Crippen LogP contribution in [-0.2, 0) is 9.59 Å². The average molecular weight is 421 g/mol. The number of amidine groups is 1. The lowest BCUT2D eigenvalue weighted by atomic mass is 10.2. The van der Waals surface area contributed by atoms with E-state index in [0.717, 1.165) is 0 Å². The SMILES string of the molecule is O=C(O)CCSC1=N/C(=C\c2c(Cl)cccc2Cl)C(=O)N1c1ccccc1. The second-order valence-corrected chi connectivity index (χ2v) is 7.40. The zero-order valence-electron chi connectivity index (χ0n) is 13.9. The van der Waals surface area contributed by atoms with Gasteiger partial charge in [-0.2, -0.15) is 0 Å². The molecule has 0 aromatic heterocycles. The van der Waals surface area contributed by atoms with Crippen molar-refractivity contribution < 1.29 is 14.7 Å². The van der Waals surface area contributed by atoms with E-state index in [9.17, 15) is 9.59 Å². The van der Waals surface area contributed by atoms with Gasteiger partial charge in [-0.3, -0.25) is 14.5 Å². The predicted octanol–water partition coefficient (Wildman–Crippen LogP) is 4.95. The standard InChI is InChI=1S/C19H14Cl2N2O3S/c20-14-7-4-8-15(21)13(14)11-16-18(26)23(12-5-2-1-3-6-12)19(22-16)27-10-9-17(24)25/h1-8,11H,9-10H2,(H,24,25)/b16-11-. The van der Waals surface area contributed by atoms with Crippen LogP contribution in [0.5, 0.6) is 0 Å². The summed E-state index contributed by atoms with van der Waals surface area (Å²) in [6.07, 6.45) is 1.52. The van der Waals surface area contributed by atoms with Gasteiger partial charge in [0.2, 0.25) is 0 Å². The minimum absolute atomic E-state index is 0.0318. The second kappa shape index (κ2) is 8.61. The molecule has 27 heavy (non-hydrogen) atoms. The molecule has 0 saturated heterocycles. The molecule has 138 valence electrons. The largest absolute Gasteiger partial charge is 0.481 e. The molecule has 0 saturated carbocycles. The van der Waals surface area contributed by atoms with Gasteiger partial charge in [-0.1, -0.05) is 59.2 Å². The molecule has 1 amide bonds. The first-order valence-electron chi connectivity index (χ1n) is 7.96. The number of para-hydroxylation sites is 1. The summed E-state index contributed by atoms with van der Waals surface area (Å²) in [5.74, 6) is -0.933. The van der Waals surface area contributed by atoms with Crippen molar-refractivity contribution in [1.29, 1.82) is 0 Å². The molecular weight excluding hydrogens is 407 g/mol. The molecule has 5 nitrogen and oxygen atoms in total. The van der Waals surface area contributed by atoms with Gasteiger partial charge < -0.3 is 5.11 Å². The molecule has 1 heterocycles. The number of carbonyl (C=O) groups is 2. The summed E-state index contributed by atoms with van der Waals surface area (Å²) in [7, 11) is 0. The minimum Gasteiger partial charge on any atom is -0.481 e. The van der Waals surface area contributed by atoms with Crippen molar-refractivity contribution in [2.75, 3.05) is 10.7 Å². The van der Waals surface area contributed by atoms with E-state index in [-0.39, 0.29) is 18.0 Å². The summed E-state index contributed by atoms with van der Waals surface area (Å²) in [5.41, 5.74) is 1.35. The number of amides is 1. The third-order valence-corrected chi connectivity index (χ3v) is 5.27. The highest BCUT2D eigenvalue weighted by Gasteiger charge is 2.32. The number of hydrogen-bond donors (Lipinski definition) is 1. The summed E-state index contributed by atoms with van der Waals surface area (Å²) < 4.78 is 0. The van der Waals surface area contributed by atoms with E-state index in [1.165, 1.54) is 16.7 Å². The van der Waals surface area contributed by atoms with E-state index in [0.29, 0.717) is 32.2 Å². The molecule has 3 rings (SSSR count). The highest BCUT2D eigenvalue weighted by molar-refractivity contribution is 8.14. The summed E-state index contributed by atoms with van der Waals surface area (Å²) in [5, 5.41) is 10.1. The average Bonchev–Trinajstić information content (AvgIpc) is 2.94. The maximum Gasteiger partial charge on any atom is 0.304 e. The zero-order chi connectivity index (χ0) is 19.4. The molecule has 2 aromatic carbocycles. The molecule has 2 aromatic rings. The Bertz CT molecular complexity index is 925.